The molecule has 0 radical (unpaired) electrons. The van der Waals surface area contributed by atoms with Gasteiger partial charge in [-0.25, -0.2) is 8.78 Å². The van der Waals surface area contributed by atoms with E-state index in [0.717, 1.165) is 27.7 Å². The molecule has 27 heavy (non-hydrogen) atoms. The second-order valence-corrected chi connectivity index (χ2v) is 6.58. The molecule has 0 saturated carbocycles. The molecule has 0 aliphatic carbocycles. The first-order chi connectivity index (χ1) is 13.1. The van der Waals surface area contributed by atoms with Crippen LogP contribution >= 0.6 is 0 Å². The summed E-state index contributed by atoms with van der Waals surface area (Å²) in [6, 6.07) is 19.6. The smallest absolute Gasteiger partial charge is 0.126 e. The first kappa shape index (κ1) is 17.2. The predicted octanol–water partition coefficient (Wildman–Crippen LogP) is 6.03. The second-order valence-electron chi connectivity index (χ2n) is 6.58. The highest BCUT2D eigenvalue weighted by molar-refractivity contribution is 5.90. The number of aromatic nitrogens is 1. The molecule has 0 spiro atoms. The van der Waals surface area contributed by atoms with E-state index in [4.69, 9.17) is 0 Å². The van der Waals surface area contributed by atoms with Gasteiger partial charge in [0.05, 0.1) is 5.69 Å². The van der Waals surface area contributed by atoms with Crippen LogP contribution in [0.15, 0.2) is 77.9 Å². The van der Waals surface area contributed by atoms with Gasteiger partial charge in [0.2, 0.25) is 0 Å². The van der Waals surface area contributed by atoms with E-state index in [1.54, 1.807) is 37.4 Å². The molecule has 0 aliphatic heterocycles. The second kappa shape index (κ2) is 7.16. The van der Waals surface area contributed by atoms with E-state index in [-0.39, 0.29) is 11.6 Å². The molecule has 4 aromatic rings. The molecule has 2 nitrogen and oxygen atoms in total. The molecule has 0 unspecified atom stereocenters. The zero-order chi connectivity index (χ0) is 18.8. The fourth-order valence-corrected chi connectivity index (χ4v) is 3.13. The van der Waals surface area contributed by atoms with Gasteiger partial charge in [-0.2, -0.15) is 0 Å². The third-order valence-electron chi connectivity index (χ3n) is 4.54. The van der Waals surface area contributed by atoms with Crippen LogP contribution in [0, 0.1) is 18.6 Å². The van der Waals surface area contributed by atoms with Crippen molar-refractivity contribution < 1.29 is 8.78 Å². The Morgan fingerprint density at radius 2 is 1.85 bits per heavy atom. The SMILES string of the molecule is Cc1cc(N=Cc2ccc3c(ccn3Cc3cccc(F)c3)c2)ccc1F. The van der Waals surface area contributed by atoms with Crippen molar-refractivity contribution in [3.8, 4) is 0 Å². The Labute approximate surface area is 156 Å². The topological polar surface area (TPSA) is 17.3 Å². The number of hydrogen-bond acceptors (Lipinski definition) is 1. The molecular weight excluding hydrogens is 342 g/mol. The molecule has 1 heterocycles. The first-order valence-corrected chi connectivity index (χ1v) is 8.72. The standard InChI is InChI=1S/C23H18F2N2/c1-16-11-21(6-7-22(16)25)26-14-17-5-8-23-19(12-17)9-10-27(23)15-18-3-2-4-20(24)13-18/h2-14H,15H2,1H3. The summed E-state index contributed by atoms with van der Waals surface area (Å²) in [4.78, 5) is 4.43. The minimum atomic E-state index is -0.227. The number of rotatable bonds is 4. The van der Waals surface area contributed by atoms with Crippen molar-refractivity contribution in [2.24, 2.45) is 4.99 Å². The van der Waals surface area contributed by atoms with Gasteiger partial charge in [0.25, 0.3) is 0 Å². The van der Waals surface area contributed by atoms with Crippen LogP contribution in [-0.4, -0.2) is 10.8 Å². The molecule has 1 aromatic heterocycles. The van der Waals surface area contributed by atoms with Crippen LogP contribution in [0.2, 0.25) is 0 Å². The number of aryl methyl sites for hydroxylation is 1. The minimum Gasteiger partial charge on any atom is -0.343 e. The van der Waals surface area contributed by atoms with Crippen LogP contribution in [0.4, 0.5) is 14.5 Å². The Kier molecular flexibility index (Phi) is 4.55. The lowest BCUT2D eigenvalue weighted by Gasteiger charge is -2.06. The third kappa shape index (κ3) is 3.80. The monoisotopic (exact) mass is 360 g/mol. The van der Waals surface area contributed by atoms with Crippen LogP contribution in [0.25, 0.3) is 10.9 Å². The van der Waals surface area contributed by atoms with Gasteiger partial charge in [-0.15, -0.1) is 0 Å². The average Bonchev–Trinajstić information content (AvgIpc) is 3.05. The Bertz CT molecular complexity index is 1140. The maximum Gasteiger partial charge on any atom is 0.126 e. The number of halogens is 2. The fraction of sp³-hybridized carbons (Fsp3) is 0.0870. The van der Waals surface area contributed by atoms with Crippen molar-refractivity contribution in [2.45, 2.75) is 13.5 Å². The molecule has 4 heteroatoms. The summed E-state index contributed by atoms with van der Waals surface area (Å²) in [5.41, 5.74) is 4.26. The van der Waals surface area contributed by atoms with Crippen LogP contribution in [0.5, 0.6) is 0 Å². The lowest BCUT2D eigenvalue weighted by atomic mass is 10.1. The molecule has 0 fully saturated rings. The largest absolute Gasteiger partial charge is 0.343 e. The summed E-state index contributed by atoms with van der Waals surface area (Å²) in [6.07, 6.45) is 3.77. The number of aliphatic imine (C=N–C) groups is 1. The predicted molar refractivity (Wildman–Crippen MR) is 106 cm³/mol. The Hall–Kier alpha value is -3.27. The van der Waals surface area contributed by atoms with Crippen molar-refractivity contribution in [3.05, 3.63) is 101 Å². The highest BCUT2D eigenvalue weighted by Gasteiger charge is 2.04. The van der Waals surface area contributed by atoms with Crippen LogP contribution in [0.3, 0.4) is 0 Å². The van der Waals surface area contributed by atoms with Gasteiger partial charge < -0.3 is 4.57 Å². The summed E-state index contributed by atoms with van der Waals surface area (Å²) in [5.74, 6) is -0.450. The van der Waals surface area contributed by atoms with Gasteiger partial charge in [-0.05, 0) is 72.1 Å². The lowest BCUT2D eigenvalue weighted by molar-refractivity contribution is 0.618. The molecule has 0 saturated heterocycles. The first-order valence-electron chi connectivity index (χ1n) is 8.72. The Morgan fingerprint density at radius 3 is 2.67 bits per heavy atom. The molecule has 134 valence electrons. The van der Waals surface area contributed by atoms with Crippen molar-refractivity contribution >= 4 is 22.8 Å². The van der Waals surface area contributed by atoms with Gasteiger partial charge in [0.15, 0.2) is 0 Å². The summed E-state index contributed by atoms with van der Waals surface area (Å²) in [6.45, 7) is 2.34. The van der Waals surface area contributed by atoms with Gasteiger partial charge in [0.1, 0.15) is 11.6 Å². The quantitative estimate of drug-likeness (QED) is 0.396. The normalized spacial score (nSPS) is 11.5. The van der Waals surface area contributed by atoms with E-state index in [2.05, 4.69) is 15.6 Å². The fourth-order valence-electron chi connectivity index (χ4n) is 3.13. The highest BCUT2D eigenvalue weighted by Crippen LogP contribution is 2.20. The zero-order valence-corrected chi connectivity index (χ0v) is 14.9. The van der Waals surface area contributed by atoms with E-state index in [1.807, 2.05) is 30.5 Å². The Morgan fingerprint density at radius 1 is 0.963 bits per heavy atom. The van der Waals surface area contributed by atoms with Gasteiger partial charge in [-0.3, -0.25) is 4.99 Å². The van der Waals surface area contributed by atoms with E-state index < -0.39 is 0 Å². The number of benzene rings is 3. The molecule has 0 atom stereocenters. The van der Waals surface area contributed by atoms with Crippen LogP contribution < -0.4 is 0 Å². The maximum absolute atomic E-state index is 13.4. The highest BCUT2D eigenvalue weighted by atomic mass is 19.1. The van der Waals surface area contributed by atoms with E-state index in [9.17, 15) is 8.78 Å². The number of nitrogens with zero attached hydrogens (tertiary/aromatic N) is 2. The van der Waals surface area contributed by atoms with E-state index >= 15 is 0 Å². The molecular formula is C23H18F2N2. The Balaban J connectivity index is 1.58. The van der Waals surface area contributed by atoms with Crippen molar-refractivity contribution in [2.75, 3.05) is 0 Å². The van der Waals surface area contributed by atoms with Gasteiger partial charge in [0, 0.05) is 29.9 Å². The van der Waals surface area contributed by atoms with Crippen LogP contribution in [-0.2, 0) is 6.54 Å². The minimum absolute atomic E-state index is 0.224. The molecule has 0 aliphatic rings. The van der Waals surface area contributed by atoms with Gasteiger partial charge >= 0.3 is 0 Å². The number of hydrogen-bond donors (Lipinski definition) is 0. The average molecular weight is 360 g/mol. The molecule has 0 bridgehead atoms. The summed E-state index contributed by atoms with van der Waals surface area (Å²) in [5, 5.41) is 1.09. The van der Waals surface area contributed by atoms with Gasteiger partial charge in [-0.1, -0.05) is 18.2 Å². The molecule has 0 N–H and O–H groups in total. The third-order valence-corrected chi connectivity index (χ3v) is 4.54. The summed E-state index contributed by atoms with van der Waals surface area (Å²) < 4.78 is 28.8. The molecule has 3 aromatic carbocycles. The van der Waals surface area contributed by atoms with Crippen molar-refractivity contribution in [1.82, 2.24) is 4.57 Å². The van der Waals surface area contributed by atoms with Crippen LogP contribution in [0.1, 0.15) is 16.7 Å². The summed E-state index contributed by atoms with van der Waals surface area (Å²) >= 11 is 0. The molecule has 4 rings (SSSR count). The zero-order valence-electron chi connectivity index (χ0n) is 14.9. The summed E-state index contributed by atoms with van der Waals surface area (Å²) in [7, 11) is 0. The number of fused-ring (bicyclic) bond motifs is 1. The molecule has 0 amide bonds. The maximum atomic E-state index is 13.4. The van der Waals surface area contributed by atoms with Crippen molar-refractivity contribution in [1.29, 1.82) is 0 Å². The van der Waals surface area contributed by atoms with Crippen molar-refractivity contribution in [3.63, 3.8) is 0 Å². The van der Waals surface area contributed by atoms with E-state index in [1.165, 1.54) is 12.1 Å². The van der Waals surface area contributed by atoms with E-state index in [0.29, 0.717) is 12.1 Å². The lowest BCUT2D eigenvalue weighted by Crippen LogP contribution is -1.98.